The SMILES string of the molecule is CCCC[n+]1ccn(CC(=O)N2CCC(C(=O)ON3C(=O)CCC3=P)CC2)c1C1=c2cc3c4c(c2Oc2c1cc1c5c2CCCN5C(C)(C)C=C1CC)CCC[N+]=4C(C)(C)C=C3CS(=O)(=O)O. The molecule has 7 aliphatic rings. The highest BCUT2D eigenvalue weighted by atomic mass is 32.2. The van der Waals surface area contributed by atoms with Crippen molar-refractivity contribution in [2.45, 2.75) is 136 Å². The maximum atomic E-state index is 14.6. The van der Waals surface area contributed by atoms with Gasteiger partial charge in [0.05, 0.1) is 45.8 Å². The van der Waals surface area contributed by atoms with Gasteiger partial charge in [-0.3, -0.25) is 14.1 Å². The summed E-state index contributed by atoms with van der Waals surface area (Å²) in [6, 6.07) is 4.40. The van der Waals surface area contributed by atoms with E-state index >= 15 is 0 Å². The van der Waals surface area contributed by atoms with Gasteiger partial charge < -0.3 is 19.4 Å². The molecule has 0 atom stereocenters. The molecular formula is C51H63N6O8PS+2. The molecule has 0 spiro atoms. The molecule has 354 valence electrons. The number of carbonyl (C=O) groups excluding carboxylic acids is 3. The number of likely N-dealkylation sites (tertiary alicyclic amines) is 1. The van der Waals surface area contributed by atoms with E-state index in [1.165, 1.54) is 22.4 Å². The first-order chi connectivity index (χ1) is 31.9. The number of hydrogen-bond donors (Lipinski definition) is 1. The molecule has 0 radical (unpaired) electrons. The van der Waals surface area contributed by atoms with Gasteiger partial charge in [0.25, 0.3) is 27.8 Å². The summed E-state index contributed by atoms with van der Waals surface area (Å²) in [5.41, 5.74) is 8.92. The van der Waals surface area contributed by atoms with Crippen LogP contribution in [0.4, 0.5) is 5.69 Å². The summed E-state index contributed by atoms with van der Waals surface area (Å²) < 4.78 is 50.1. The Hall–Kier alpha value is -5.11. The van der Waals surface area contributed by atoms with Crippen LogP contribution in [0.2, 0.25) is 0 Å². The number of anilines is 1. The predicted molar refractivity (Wildman–Crippen MR) is 259 cm³/mol. The molecule has 16 heteroatoms. The van der Waals surface area contributed by atoms with Crippen molar-refractivity contribution >= 4 is 64.6 Å². The number of hydrogen-bond acceptors (Lipinski definition) is 8. The number of unbranched alkanes of at least 4 members (excludes halogenated alkanes) is 1. The maximum Gasteiger partial charge on any atom is 0.336 e. The molecule has 67 heavy (non-hydrogen) atoms. The Morgan fingerprint density at radius 3 is 2.40 bits per heavy atom. The molecular weight excluding hydrogens is 888 g/mol. The summed E-state index contributed by atoms with van der Waals surface area (Å²) in [6.07, 6.45) is 16.2. The zero-order chi connectivity index (χ0) is 47.3. The monoisotopic (exact) mass is 950 g/mol. The number of aryl methyl sites for hydroxylation is 1. The number of nitrogens with zero attached hydrogens (tertiary/aromatic N) is 6. The number of hydroxylamine groups is 2. The molecule has 1 aromatic heterocycles. The number of aromatic nitrogens is 2. The number of amides is 2. The van der Waals surface area contributed by atoms with Crippen molar-refractivity contribution in [3.05, 3.63) is 80.9 Å². The minimum Gasteiger partial charge on any atom is -0.455 e. The molecule has 8 heterocycles. The van der Waals surface area contributed by atoms with E-state index in [1.807, 2.05) is 17.2 Å². The third kappa shape index (κ3) is 7.86. The highest BCUT2D eigenvalue weighted by Crippen LogP contribution is 2.52. The number of carbonyl (C=O) groups is 3. The number of allylic oxidation sites excluding steroid dienone is 1. The topological polar surface area (TPSA) is 146 Å². The molecule has 0 bridgehead atoms. The minimum atomic E-state index is -4.40. The predicted octanol–water partition coefficient (Wildman–Crippen LogP) is 5.36. The summed E-state index contributed by atoms with van der Waals surface area (Å²) in [6.45, 7) is 16.4. The average Bonchev–Trinajstić information content (AvgIpc) is 3.83. The van der Waals surface area contributed by atoms with Gasteiger partial charge in [-0.25, -0.2) is 18.5 Å². The normalized spacial score (nSPS) is 20.4. The number of fused-ring (bicyclic) bond motifs is 4. The van der Waals surface area contributed by atoms with Crippen molar-refractivity contribution in [3.63, 3.8) is 0 Å². The van der Waals surface area contributed by atoms with Crippen molar-refractivity contribution < 1.29 is 41.5 Å². The van der Waals surface area contributed by atoms with Crippen LogP contribution >= 0.6 is 8.86 Å². The molecule has 0 saturated carbocycles. The lowest BCUT2D eigenvalue weighted by molar-refractivity contribution is -0.699. The highest BCUT2D eigenvalue weighted by molar-refractivity contribution is 7.86. The van der Waals surface area contributed by atoms with E-state index in [9.17, 15) is 27.4 Å². The number of ether oxygens (including phenoxy) is 1. The molecule has 3 aromatic rings. The van der Waals surface area contributed by atoms with Gasteiger partial charge in [-0.1, -0.05) is 35.2 Å². The van der Waals surface area contributed by atoms with Gasteiger partial charge in [0.15, 0.2) is 12.1 Å². The van der Waals surface area contributed by atoms with Crippen LogP contribution in [-0.2, 0) is 55.3 Å². The van der Waals surface area contributed by atoms with Gasteiger partial charge >= 0.3 is 5.97 Å². The van der Waals surface area contributed by atoms with Gasteiger partial charge in [-0.15, -0.1) is 5.06 Å². The fourth-order valence-electron chi connectivity index (χ4n) is 11.9. The van der Waals surface area contributed by atoms with E-state index in [4.69, 9.17) is 9.57 Å². The standard InChI is InChI=1S/C51H62N6O8PS/c1-7-9-18-53-23-24-54(29-41(59)52-21-16-32(17-22-52)49(60)65-57-40(58)14-15-42(57)66)48(53)43-38-25-36-31(8-2)27-50(3,4)55-19-10-12-34(44(36)55)46(38)64-47-35-13-11-20-56-45(35)37(26-39(43)47)33(28-51(56,5)6)30-67(61,62)63/h23-28,32,66H,7-22,29-30H2,1-6H3/q+1/p+1. The number of imidazole rings is 1. The van der Waals surface area contributed by atoms with Crippen LogP contribution in [0.25, 0.3) is 16.7 Å². The number of rotatable bonds is 11. The van der Waals surface area contributed by atoms with E-state index < -0.39 is 33.3 Å². The Morgan fingerprint density at radius 1 is 0.940 bits per heavy atom. The van der Waals surface area contributed by atoms with Gasteiger partial charge in [0.2, 0.25) is 5.36 Å². The lowest BCUT2D eigenvalue weighted by Crippen LogP contribution is -2.54. The van der Waals surface area contributed by atoms with Crippen LogP contribution in [0.5, 0.6) is 11.5 Å². The summed E-state index contributed by atoms with van der Waals surface area (Å²) in [5.74, 6) is 0.709. The largest absolute Gasteiger partial charge is 0.455 e. The molecule has 2 aromatic carbocycles. The van der Waals surface area contributed by atoms with E-state index in [2.05, 4.69) is 93.4 Å². The Balaban J connectivity index is 1.15. The van der Waals surface area contributed by atoms with Crippen LogP contribution in [-0.4, -0.2) is 93.7 Å². The summed E-state index contributed by atoms with van der Waals surface area (Å²) >= 11 is 0. The Labute approximate surface area is 395 Å². The zero-order valence-electron chi connectivity index (χ0n) is 39.7. The quantitative estimate of drug-likeness (QED) is 0.119. The molecule has 10 rings (SSSR count). The first-order valence-electron chi connectivity index (χ1n) is 24.3. The van der Waals surface area contributed by atoms with E-state index in [1.54, 1.807) is 0 Å². The van der Waals surface area contributed by atoms with Crippen LogP contribution in [0.1, 0.15) is 133 Å². The van der Waals surface area contributed by atoms with Crippen molar-refractivity contribution in [2.24, 2.45) is 5.92 Å². The lowest BCUT2D eigenvalue weighted by atomic mass is 9.79. The molecule has 1 N–H and O–H groups in total. The van der Waals surface area contributed by atoms with E-state index in [0.717, 1.165) is 113 Å². The van der Waals surface area contributed by atoms with Gasteiger partial charge in [0, 0.05) is 74.7 Å². The van der Waals surface area contributed by atoms with Crippen molar-refractivity contribution in [3.8, 4) is 11.5 Å². The van der Waals surface area contributed by atoms with Crippen molar-refractivity contribution in [1.82, 2.24) is 19.1 Å². The van der Waals surface area contributed by atoms with Crippen molar-refractivity contribution in [1.29, 1.82) is 0 Å². The Kier molecular flexibility index (Phi) is 11.5. The van der Waals surface area contributed by atoms with Gasteiger partial charge in [-0.2, -0.15) is 8.42 Å². The van der Waals surface area contributed by atoms with E-state index in [0.29, 0.717) is 49.9 Å². The molecule has 14 nitrogen and oxygen atoms in total. The molecule has 0 aliphatic carbocycles. The Bertz CT molecular complexity index is 2980. The molecule has 2 fully saturated rings. The Morgan fingerprint density at radius 2 is 1.70 bits per heavy atom. The summed E-state index contributed by atoms with van der Waals surface area (Å²) in [7, 11) is -0.990. The molecule has 7 aliphatic heterocycles. The fraction of sp³-hybridized carbons (Fsp3) is 0.529. The molecule has 0 unspecified atom stereocenters. The maximum absolute atomic E-state index is 14.6. The number of benzene rings is 2. The van der Waals surface area contributed by atoms with Gasteiger partial charge in [-0.05, 0) is 88.1 Å². The second kappa shape index (κ2) is 16.8. The van der Waals surface area contributed by atoms with Crippen LogP contribution < -0.4 is 29.4 Å². The van der Waals surface area contributed by atoms with Crippen LogP contribution in [0, 0.1) is 5.92 Å². The lowest BCUT2D eigenvalue weighted by Gasteiger charge is -2.47. The van der Waals surface area contributed by atoms with Crippen molar-refractivity contribution in [2.75, 3.05) is 36.8 Å². The summed E-state index contributed by atoms with van der Waals surface area (Å²) in [5, 5.41) is 2.84. The average molecular weight is 951 g/mol. The third-order valence-corrected chi connectivity index (χ3v) is 16.2. The smallest absolute Gasteiger partial charge is 0.336 e. The van der Waals surface area contributed by atoms with Crippen LogP contribution in [0.3, 0.4) is 0 Å². The minimum absolute atomic E-state index is 0.0517. The third-order valence-electron chi connectivity index (χ3n) is 15.1. The fourth-order valence-corrected chi connectivity index (χ4v) is 12.8. The second-order valence-electron chi connectivity index (χ2n) is 20.5. The molecule has 2 amide bonds. The number of piperidine rings is 1. The summed E-state index contributed by atoms with van der Waals surface area (Å²) in [4.78, 5) is 50.0. The molecule has 2 saturated heterocycles. The van der Waals surface area contributed by atoms with E-state index in [-0.39, 0.29) is 30.3 Å². The zero-order valence-corrected chi connectivity index (χ0v) is 41.5. The van der Waals surface area contributed by atoms with Crippen LogP contribution in [0.15, 0.2) is 36.7 Å². The van der Waals surface area contributed by atoms with Gasteiger partial charge in [0.1, 0.15) is 36.2 Å². The highest BCUT2D eigenvalue weighted by Gasteiger charge is 2.45. The first-order valence-corrected chi connectivity index (χ1v) is 26.4. The first kappa shape index (κ1) is 45.7. The second-order valence-corrected chi connectivity index (χ2v) is 22.5.